The van der Waals surface area contributed by atoms with E-state index >= 15 is 0 Å². The first-order valence-corrected chi connectivity index (χ1v) is 9.36. The highest BCUT2D eigenvalue weighted by atomic mass is 32.2. The Morgan fingerprint density at radius 1 is 0.618 bits per heavy atom. The van der Waals surface area contributed by atoms with Gasteiger partial charge in [0.05, 0.1) is 12.5 Å². The fourth-order valence-electron chi connectivity index (χ4n) is 2.21. The van der Waals surface area contributed by atoms with Crippen molar-refractivity contribution in [2.75, 3.05) is 12.4 Å². The van der Waals surface area contributed by atoms with Gasteiger partial charge in [-0.2, -0.15) is 74.6 Å². The van der Waals surface area contributed by atoms with Gasteiger partial charge in [-0.3, -0.25) is 0 Å². The van der Waals surface area contributed by atoms with Crippen molar-refractivity contribution >= 4 is 11.8 Å². The molecule has 1 aliphatic heterocycles. The van der Waals surface area contributed by atoms with Gasteiger partial charge in [-0.05, 0) is 6.42 Å². The predicted octanol–water partition coefficient (Wildman–Crippen LogP) is 7.20. The minimum Gasteiger partial charge on any atom is -0.377 e. The molecule has 0 aliphatic carbocycles. The van der Waals surface area contributed by atoms with Gasteiger partial charge in [-0.1, -0.05) is 0 Å². The maximum atomic E-state index is 13.6. The monoisotopic (exact) mass is 568 g/mol. The molecule has 0 saturated carbocycles. The molecule has 1 rings (SSSR count). The molecule has 0 bridgehead atoms. The van der Waals surface area contributed by atoms with Gasteiger partial charge >= 0.3 is 47.6 Å². The Morgan fingerprint density at radius 2 is 0.971 bits per heavy atom. The lowest BCUT2D eigenvalue weighted by molar-refractivity contribution is -0.461. The van der Waals surface area contributed by atoms with Crippen LogP contribution in [-0.4, -0.2) is 71.6 Å². The molecule has 0 aromatic heterocycles. The van der Waals surface area contributed by atoms with Crippen LogP contribution in [0.1, 0.15) is 12.8 Å². The Hall–Kier alpha value is -0.950. The van der Waals surface area contributed by atoms with Crippen molar-refractivity contribution in [1.82, 2.24) is 0 Å². The van der Waals surface area contributed by atoms with Gasteiger partial charge < -0.3 is 4.74 Å². The summed E-state index contributed by atoms with van der Waals surface area (Å²) in [5.41, 5.74) is -3.27. The van der Waals surface area contributed by atoms with Crippen LogP contribution in [0.4, 0.5) is 79.0 Å². The van der Waals surface area contributed by atoms with E-state index in [-0.39, 0.29) is 24.8 Å². The Bertz CT molecular complexity index is 712. The van der Waals surface area contributed by atoms with Crippen LogP contribution in [0.3, 0.4) is 0 Å². The fraction of sp³-hybridized carbons (Fsp3) is 1.00. The number of halogens is 18. The highest BCUT2D eigenvalue weighted by Crippen LogP contribution is 2.64. The second-order valence-electron chi connectivity index (χ2n) is 6.88. The van der Waals surface area contributed by atoms with Gasteiger partial charge in [0.1, 0.15) is 0 Å². The number of rotatable bonds is 11. The zero-order chi connectivity index (χ0) is 27.4. The lowest BCUT2D eigenvalue weighted by atomic mass is 9.88. The Labute approximate surface area is 181 Å². The zero-order valence-corrected chi connectivity index (χ0v) is 16.4. The molecule has 2 atom stereocenters. The minimum atomic E-state index is -8.69. The van der Waals surface area contributed by atoms with E-state index in [4.69, 9.17) is 0 Å². The third-order valence-corrected chi connectivity index (χ3v) is 5.55. The van der Waals surface area contributed by atoms with E-state index < -0.39 is 71.4 Å². The van der Waals surface area contributed by atoms with Crippen LogP contribution in [0.15, 0.2) is 0 Å². The zero-order valence-electron chi connectivity index (χ0n) is 15.6. The van der Waals surface area contributed by atoms with Crippen molar-refractivity contribution in [3.05, 3.63) is 0 Å². The summed E-state index contributed by atoms with van der Waals surface area (Å²) in [5.74, 6) is -57.6. The van der Waals surface area contributed by atoms with Gasteiger partial charge in [0.2, 0.25) is 0 Å². The van der Waals surface area contributed by atoms with E-state index in [0.717, 1.165) is 0 Å². The maximum Gasteiger partial charge on any atom is 0.460 e. The lowest BCUT2D eigenvalue weighted by Gasteiger charge is -2.43. The Balaban J connectivity index is 3.33. The van der Waals surface area contributed by atoms with E-state index in [1.165, 1.54) is 0 Å². The molecule has 0 aromatic carbocycles. The first kappa shape index (κ1) is 31.1. The van der Waals surface area contributed by atoms with Crippen LogP contribution in [0, 0.1) is 0 Å². The number of thioether (sulfide) groups is 1. The molecule has 1 saturated heterocycles. The first-order chi connectivity index (χ1) is 14.7. The first-order valence-electron chi connectivity index (χ1n) is 8.31. The van der Waals surface area contributed by atoms with Crippen LogP contribution in [0.2, 0.25) is 0 Å². The second-order valence-corrected chi connectivity index (χ2v) is 8.06. The predicted molar refractivity (Wildman–Crippen MR) is 77.0 cm³/mol. The van der Waals surface area contributed by atoms with Crippen LogP contribution in [-0.2, 0) is 4.74 Å². The summed E-state index contributed by atoms with van der Waals surface area (Å²) in [6, 6.07) is 0. The van der Waals surface area contributed by atoms with Crippen molar-refractivity contribution in [1.29, 1.82) is 0 Å². The fourth-order valence-corrected chi connectivity index (χ4v) is 3.23. The minimum absolute atomic E-state index is 0.129. The average molecular weight is 568 g/mol. The molecule has 2 unspecified atom stereocenters. The van der Waals surface area contributed by atoms with Gasteiger partial charge in [0, 0.05) is 12.4 Å². The van der Waals surface area contributed by atoms with Crippen molar-refractivity contribution in [3.8, 4) is 0 Å². The molecule has 1 fully saturated rings. The molecule has 20 heteroatoms. The number of alkyl halides is 18. The van der Waals surface area contributed by atoms with Crippen molar-refractivity contribution in [3.63, 3.8) is 0 Å². The van der Waals surface area contributed by atoms with Crippen LogP contribution < -0.4 is 0 Å². The van der Waals surface area contributed by atoms with E-state index in [0.29, 0.717) is 0 Å². The Morgan fingerprint density at radius 3 is 1.29 bits per heavy atom. The van der Waals surface area contributed by atoms with Gasteiger partial charge in [-0.25, -0.2) is 4.39 Å². The summed E-state index contributed by atoms with van der Waals surface area (Å²) in [5, 5.41) is 0. The second kappa shape index (κ2) is 8.86. The quantitative estimate of drug-likeness (QED) is 0.244. The summed E-state index contributed by atoms with van der Waals surface area (Å²) in [4.78, 5) is 0. The highest BCUT2D eigenvalue weighted by Gasteiger charge is 2.95. The summed E-state index contributed by atoms with van der Waals surface area (Å²) < 4.78 is 241. The topological polar surface area (TPSA) is 9.23 Å². The highest BCUT2D eigenvalue weighted by molar-refractivity contribution is 7.99. The van der Waals surface area contributed by atoms with Crippen molar-refractivity contribution in [2.24, 2.45) is 0 Å². The molecule has 0 spiro atoms. The van der Waals surface area contributed by atoms with E-state index in [1.807, 2.05) is 0 Å². The maximum absolute atomic E-state index is 13.6. The molecule has 0 amide bonds. The van der Waals surface area contributed by atoms with E-state index in [9.17, 15) is 79.0 Å². The van der Waals surface area contributed by atoms with E-state index in [2.05, 4.69) is 4.74 Å². The van der Waals surface area contributed by atoms with Crippen LogP contribution in [0.25, 0.3) is 0 Å². The molecule has 0 aromatic rings. The van der Waals surface area contributed by atoms with Gasteiger partial charge in [0.25, 0.3) is 0 Å². The number of hydrogen-bond donors (Lipinski definition) is 0. The van der Waals surface area contributed by atoms with Crippen molar-refractivity contribution in [2.45, 2.75) is 72.1 Å². The molecular weight excluding hydrogens is 558 g/mol. The molecule has 0 radical (unpaired) electrons. The normalized spacial score (nSPS) is 20.8. The van der Waals surface area contributed by atoms with Crippen LogP contribution >= 0.6 is 11.8 Å². The lowest BCUT2D eigenvalue weighted by Crippen LogP contribution is -2.74. The third-order valence-electron chi connectivity index (χ3n) is 4.46. The van der Waals surface area contributed by atoms with Crippen LogP contribution in [0.5, 0.6) is 0 Å². The summed E-state index contributed by atoms with van der Waals surface area (Å²) in [7, 11) is 0. The molecule has 1 nitrogen and oxygen atoms in total. The third kappa shape index (κ3) is 4.60. The molecule has 204 valence electrons. The molecule has 1 aliphatic rings. The molecule has 0 N–H and O–H groups in total. The number of hydrogen-bond acceptors (Lipinski definition) is 2. The largest absolute Gasteiger partial charge is 0.460 e. The summed E-state index contributed by atoms with van der Waals surface area (Å²) in [6.45, 7) is 0.129. The molecular formula is C14H10F18OS. The standard InChI is InChI=1S/C14H10F18OS/c15-6(34-4-5-1-2-33-5)3-7(16,17)8(18,19)9(20,21)10(22,23)11(24,25)12(26,27)13(28,29)14(30,31)32/h5-6H,1-4H2. The summed E-state index contributed by atoms with van der Waals surface area (Å²) in [6.07, 6.45) is -11.5. The van der Waals surface area contributed by atoms with Gasteiger partial charge in [0.15, 0.2) is 5.50 Å². The average Bonchev–Trinajstić information content (AvgIpc) is 2.57. The molecule has 1 heterocycles. The molecule has 34 heavy (non-hydrogen) atoms. The summed E-state index contributed by atoms with van der Waals surface area (Å²) >= 11 is -0.292. The van der Waals surface area contributed by atoms with Gasteiger partial charge in [-0.15, -0.1) is 11.8 Å². The smallest absolute Gasteiger partial charge is 0.377 e. The SMILES string of the molecule is FC(CC(F)(F)C(F)(F)C(F)(F)C(F)(F)C(F)(F)C(F)(F)C(F)(F)C(F)(F)F)SCC1CCO1. The van der Waals surface area contributed by atoms with E-state index in [1.54, 1.807) is 0 Å². The number of ether oxygens (including phenoxy) is 1. The Kier molecular flexibility index (Phi) is 8.10. The van der Waals surface area contributed by atoms with Crippen molar-refractivity contribution < 1.29 is 83.8 Å².